The lowest BCUT2D eigenvalue weighted by molar-refractivity contribution is -0.141. The van der Waals surface area contributed by atoms with Gasteiger partial charge in [-0.2, -0.15) is 18.3 Å². The summed E-state index contributed by atoms with van der Waals surface area (Å²) in [6.45, 7) is 1.55. The second-order valence-electron chi connectivity index (χ2n) is 5.47. The topological polar surface area (TPSA) is 64.8 Å². The van der Waals surface area contributed by atoms with Gasteiger partial charge >= 0.3 is 6.18 Å². The van der Waals surface area contributed by atoms with Gasteiger partial charge < -0.3 is 0 Å². The Balaban J connectivity index is 2.00. The minimum absolute atomic E-state index is 0.0546. The fraction of sp³-hybridized carbons (Fsp3) is 0.176. The smallest absolute Gasteiger partial charge is 0.251 e. The summed E-state index contributed by atoms with van der Waals surface area (Å²) in [5.41, 5.74) is 0.364. The largest absolute Gasteiger partial charge is 0.433 e. The van der Waals surface area contributed by atoms with Crippen molar-refractivity contribution in [2.24, 2.45) is 0 Å². The minimum Gasteiger partial charge on any atom is -0.251 e. The third kappa shape index (κ3) is 3.48. The molecule has 0 aliphatic rings. The van der Waals surface area contributed by atoms with E-state index < -0.39 is 21.7 Å². The minimum atomic E-state index is -4.50. The second kappa shape index (κ2) is 6.56. The lowest BCUT2D eigenvalue weighted by Crippen LogP contribution is -2.09. The van der Waals surface area contributed by atoms with Crippen molar-refractivity contribution in [2.75, 3.05) is 5.75 Å². The number of nitrogens with zero attached hydrogens (tertiary/aromatic N) is 3. The molecule has 3 rings (SSSR count). The average molecular weight is 381 g/mol. The third-order valence-electron chi connectivity index (χ3n) is 3.80. The van der Waals surface area contributed by atoms with Crippen LogP contribution in [-0.2, 0) is 16.0 Å². The quantitative estimate of drug-likeness (QED) is 0.691. The third-order valence-corrected chi connectivity index (χ3v) is 5.57. The van der Waals surface area contributed by atoms with E-state index in [-0.39, 0.29) is 10.6 Å². The summed E-state index contributed by atoms with van der Waals surface area (Å²) in [6, 6.07) is 8.61. The number of sulfone groups is 1. The molecule has 1 aromatic carbocycles. The molecule has 0 saturated heterocycles. The van der Waals surface area contributed by atoms with Crippen LogP contribution in [0.4, 0.5) is 13.2 Å². The van der Waals surface area contributed by atoms with E-state index in [2.05, 4.69) is 10.1 Å². The van der Waals surface area contributed by atoms with Gasteiger partial charge in [0.05, 0.1) is 22.5 Å². The Hall–Kier alpha value is -2.68. The monoisotopic (exact) mass is 381 g/mol. The maximum atomic E-state index is 12.6. The zero-order chi connectivity index (χ0) is 18.9. The van der Waals surface area contributed by atoms with Gasteiger partial charge in [-0.25, -0.2) is 13.1 Å². The molecule has 0 bridgehead atoms. The molecule has 0 aliphatic carbocycles. The van der Waals surface area contributed by atoms with Gasteiger partial charge in [0, 0.05) is 23.5 Å². The first kappa shape index (κ1) is 18.1. The van der Waals surface area contributed by atoms with Crippen LogP contribution in [0, 0.1) is 0 Å². The highest BCUT2D eigenvalue weighted by molar-refractivity contribution is 7.91. The Labute approximate surface area is 148 Å². The van der Waals surface area contributed by atoms with E-state index in [9.17, 15) is 21.6 Å². The number of rotatable bonds is 4. The predicted molar refractivity (Wildman–Crippen MR) is 89.5 cm³/mol. The average Bonchev–Trinajstić information content (AvgIpc) is 3.11. The van der Waals surface area contributed by atoms with Gasteiger partial charge in [0.2, 0.25) is 0 Å². The standard InChI is InChI=1S/C17H14F3N3O2S/c1-2-26(24,25)15-6-4-3-5-14(15)23-11-13(10-22-23)12-7-8-16(21-9-12)17(18,19)20/h3-11H,2H2,1H3. The molecule has 0 atom stereocenters. The zero-order valence-electron chi connectivity index (χ0n) is 13.6. The maximum absolute atomic E-state index is 12.6. The van der Waals surface area contributed by atoms with E-state index in [0.717, 1.165) is 12.3 Å². The number of aromatic nitrogens is 3. The molecule has 26 heavy (non-hydrogen) atoms. The summed E-state index contributed by atoms with van der Waals surface area (Å²) in [6.07, 6.45) is -0.400. The number of benzene rings is 1. The van der Waals surface area contributed by atoms with Gasteiger partial charge in [-0.15, -0.1) is 0 Å². The summed E-state index contributed by atoms with van der Waals surface area (Å²) >= 11 is 0. The number of alkyl halides is 3. The van der Waals surface area contributed by atoms with Gasteiger partial charge in [-0.05, 0) is 18.2 Å². The number of halogens is 3. The predicted octanol–water partition coefficient (Wildman–Crippen LogP) is 3.75. The van der Waals surface area contributed by atoms with Crippen molar-refractivity contribution in [2.45, 2.75) is 18.0 Å². The van der Waals surface area contributed by atoms with Crippen molar-refractivity contribution in [1.29, 1.82) is 0 Å². The van der Waals surface area contributed by atoms with Gasteiger partial charge in [0.1, 0.15) is 5.69 Å². The molecular formula is C17H14F3N3O2S. The van der Waals surface area contributed by atoms with Crippen LogP contribution >= 0.6 is 0 Å². The fourth-order valence-electron chi connectivity index (χ4n) is 2.40. The first-order valence-corrected chi connectivity index (χ1v) is 9.28. The normalized spacial score (nSPS) is 12.3. The van der Waals surface area contributed by atoms with Crippen LogP contribution in [-0.4, -0.2) is 28.9 Å². The Morgan fingerprint density at radius 2 is 1.77 bits per heavy atom. The molecule has 0 saturated carbocycles. The fourth-order valence-corrected chi connectivity index (χ4v) is 3.48. The molecule has 136 valence electrons. The summed E-state index contributed by atoms with van der Waals surface area (Å²) < 4.78 is 63.7. The van der Waals surface area contributed by atoms with Crippen LogP contribution in [0.5, 0.6) is 0 Å². The lowest BCUT2D eigenvalue weighted by atomic mass is 10.1. The lowest BCUT2D eigenvalue weighted by Gasteiger charge is -2.09. The first-order chi connectivity index (χ1) is 12.2. The van der Waals surface area contributed by atoms with Crippen LogP contribution in [0.1, 0.15) is 12.6 Å². The maximum Gasteiger partial charge on any atom is 0.433 e. The van der Waals surface area contributed by atoms with E-state index in [1.807, 2.05) is 0 Å². The molecule has 0 amide bonds. The molecule has 3 aromatic rings. The number of para-hydroxylation sites is 1. The van der Waals surface area contributed by atoms with Crippen LogP contribution in [0.15, 0.2) is 59.9 Å². The molecule has 2 aromatic heterocycles. The molecule has 2 heterocycles. The molecule has 0 N–H and O–H groups in total. The van der Waals surface area contributed by atoms with Crippen LogP contribution < -0.4 is 0 Å². The van der Waals surface area contributed by atoms with Crippen molar-refractivity contribution >= 4 is 9.84 Å². The van der Waals surface area contributed by atoms with Gasteiger partial charge in [-0.1, -0.05) is 25.1 Å². The second-order valence-corrected chi connectivity index (χ2v) is 7.72. The van der Waals surface area contributed by atoms with Crippen LogP contribution in [0.25, 0.3) is 16.8 Å². The van der Waals surface area contributed by atoms with E-state index in [4.69, 9.17) is 0 Å². The van der Waals surface area contributed by atoms with Crippen molar-refractivity contribution in [3.05, 3.63) is 60.7 Å². The highest BCUT2D eigenvalue weighted by Crippen LogP contribution is 2.29. The Kier molecular flexibility index (Phi) is 4.57. The molecule has 0 fully saturated rings. The van der Waals surface area contributed by atoms with E-state index in [1.54, 1.807) is 31.3 Å². The van der Waals surface area contributed by atoms with E-state index >= 15 is 0 Å². The highest BCUT2D eigenvalue weighted by atomic mass is 32.2. The molecule has 0 spiro atoms. The summed E-state index contributed by atoms with van der Waals surface area (Å²) in [7, 11) is -3.45. The van der Waals surface area contributed by atoms with Crippen molar-refractivity contribution in [3.8, 4) is 16.8 Å². The summed E-state index contributed by atoms with van der Waals surface area (Å²) in [5.74, 6) is -0.0546. The molecule has 9 heteroatoms. The van der Waals surface area contributed by atoms with Gasteiger partial charge in [-0.3, -0.25) is 4.98 Å². The Morgan fingerprint density at radius 3 is 2.38 bits per heavy atom. The molecule has 0 unspecified atom stereocenters. The molecular weight excluding hydrogens is 367 g/mol. The summed E-state index contributed by atoms with van der Waals surface area (Å²) in [4.78, 5) is 3.56. The number of hydrogen-bond acceptors (Lipinski definition) is 4. The molecule has 5 nitrogen and oxygen atoms in total. The summed E-state index contributed by atoms with van der Waals surface area (Å²) in [5, 5.41) is 4.14. The van der Waals surface area contributed by atoms with E-state index in [0.29, 0.717) is 16.8 Å². The highest BCUT2D eigenvalue weighted by Gasteiger charge is 2.32. The van der Waals surface area contributed by atoms with Crippen LogP contribution in [0.3, 0.4) is 0 Å². The Morgan fingerprint density at radius 1 is 1.04 bits per heavy atom. The number of hydrogen-bond donors (Lipinski definition) is 0. The number of pyridine rings is 1. The van der Waals surface area contributed by atoms with Crippen molar-refractivity contribution < 1.29 is 21.6 Å². The van der Waals surface area contributed by atoms with Crippen LogP contribution in [0.2, 0.25) is 0 Å². The SMILES string of the molecule is CCS(=O)(=O)c1ccccc1-n1cc(-c2ccc(C(F)(F)F)nc2)cn1. The zero-order valence-corrected chi connectivity index (χ0v) is 14.4. The van der Waals surface area contributed by atoms with Crippen molar-refractivity contribution in [3.63, 3.8) is 0 Å². The molecule has 0 radical (unpaired) electrons. The van der Waals surface area contributed by atoms with Gasteiger partial charge in [0.25, 0.3) is 0 Å². The van der Waals surface area contributed by atoms with Gasteiger partial charge in [0.15, 0.2) is 9.84 Å². The first-order valence-electron chi connectivity index (χ1n) is 7.63. The van der Waals surface area contributed by atoms with E-state index in [1.165, 1.54) is 23.0 Å². The Bertz CT molecular complexity index is 1030. The molecule has 0 aliphatic heterocycles. The van der Waals surface area contributed by atoms with Crippen molar-refractivity contribution in [1.82, 2.24) is 14.8 Å².